The first-order chi connectivity index (χ1) is 10.8. The van der Waals surface area contributed by atoms with E-state index in [0.717, 1.165) is 35.7 Å². The first-order valence-corrected chi connectivity index (χ1v) is 7.96. The molecule has 1 heterocycles. The fraction of sp³-hybridized carbons (Fsp3) is 0.278. The van der Waals surface area contributed by atoms with Crippen LogP contribution in [0.5, 0.6) is 0 Å². The van der Waals surface area contributed by atoms with Crippen molar-refractivity contribution in [3.63, 3.8) is 0 Å². The molecule has 122 valence electrons. The lowest BCUT2D eigenvalue weighted by molar-refractivity contribution is -0.117. The number of nitrogens with one attached hydrogen (secondary N) is 1. The van der Waals surface area contributed by atoms with Gasteiger partial charge in [0.25, 0.3) is 0 Å². The molecule has 0 spiro atoms. The van der Waals surface area contributed by atoms with E-state index in [1.165, 1.54) is 5.56 Å². The van der Waals surface area contributed by atoms with Gasteiger partial charge in [0, 0.05) is 23.8 Å². The number of halogens is 2. The summed E-state index contributed by atoms with van der Waals surface area (Å²) >= 11 is 6.12. The Morgan fingerprint density at radius 1 is 1.13 bits per heavy atom. The normalized spacial score (nSPS) is 13.2. The van der Waals surface area contributed by atoms with Crippen LogP contribution in [0.1, 0.15) is 17.5 Å². The van der Waals surface area contributed by atoms with E-state index in [1.54, 1.807) is 0 Å². The van der Waals surface area contributed by atoms with Crippen LogP contribution in [0.25, 0.3) is 0 Å². The molecule has 1 aliphatic rings. The predicted octanol–water partition coefficient (Wildman–Crippen LogP) is 3.83. The fourth-order valence-corrected chi connectivity index (χ4v) is 3.04. The SMILES string of the molecule is Cl.O=C(CNCc1ccccc1Cl)N1CCCc2ccccc21. The van der Waals surface area contributed by atoms with Gasteiger partial charge in [-0.3, -0.25) is 4.79 Å². The van der Waals surface area contributed by atoms with E-state index in [0.29, 0.717) is 13.1 Å². The molecule has 0 aromatic heterocycles. The summed E-state index contributed by atoms with van der Waals surface area (Å²) in [6.45, 7) is 1.71. The van der Waals surface area contributed by atoms with Crippen LogP contribution in [-0.4, -0.2) is 19.0 Å². The lowest BCUT2D eigenvalue weighted by Crippen LogP contribution is -2.41. The van der Waals surface area contributed by atoms with Gasteiger partial charge in [0.2, 0.25) is 5.91 Å². The Kier molecular flexibility index (Phi) is 6.46. The van der Waals surface area contributed by atoms with E-state index < -0.39 is 0 Å². The average Bonchev–Trinajstić information content (AvgIpc) is 2.56. The number of hydrogen-bond acceptors (Lipinski definition) is 2. The number of nitrogens with zero attached hydrogens (tertiary/aromatic N) is 1. The van der Waals surface area contributed by atoms with Crippen LogP contribution in [0.3, 0.4) is 0 Å². The molecule has 3 rings (SSSR count). The zero-order valence-corrected chi connectivity index (χ0v) is 14.4. The molecular formula is C18H20Cl2N2O. The fourth-order valence-electron chi connectivity index (χ4n) is 2.83. The molecular weight excluding hydrogens is 331 g/mol. The summed E-state index contributed by atoms with van der Waals surface area (Å²) in [6.07, 6.45) is 2.07. The van der Waals surface area contributed by atoms with Crippen LogP contribution in [0.2, 0.25) is 5.02 Å². The number of rotatable bonds is 4. The van der Waals surface area contributed by atoms with Crippen LogP contribution in [0, 0.1) is 0 Å². The number of carbonyl (C=O) groups excluding carboxylic acids is 1. The first-order valence-electron chi connectivity index (χ1n) is 7.58. The van der Waals surface area contributed by atoms with Gasteiger partial charge in [-0.25, -0.2) is 0 Å². The Labute approximate surface area is 148 Å². The van der Waals surface area contributed by atoms with Crippen molar-refractivity contribution in [2.45, 2.75) is 19.4 Å². The molecule has 0 saturated heterocycles. The van der Waals surface area contributed by atoms with Gasteiger partial charge >= 0.3 is 0 Å². The maximum Gasteiger partial charge on any atom is 0.240 e. The van der Waals surface area contributed by atoms with Gasteiger partial charge in [0.15, 0.2) is 0 Å². The third-order valence-corrected chi connectivity index (χ3v) is 4.33. The Balaban J connectivity index is 0.00000192. The molecule has 3 nitrogen and oxygen atoms in total. The minimum atomic E-state index is 0. The maximum atomic E-state index is 12.5. The van der Waals surface area contributed by atoms with Gasteiger partial charge in [-0.2, -0.15) is 0 Å². The van der Waals surface area contributed by atoms with Gasteiger partial charge in [-0.1, -0.05) is 48.0 Å². The zero-order chi connectivity index (χ0) is 15.4. The second-order valence-electron chi connectivity index (χ2n) is 5.47. The van der Waals surface area contributed by atoms with E-state index in [4.69, 9.17) is 11.6 Å². The molecule has 2 aromatic rings. The highest BCUT2D eigenvalue weighted by Gasteiger charge is 2.21. The van der Waals surface area contributed by atoms with Gasteiger partial charge < -0.3 is 10.2 Å². The number of fused-ring (bicyclic) bond motifs is 1. The van der Waals surface area contributed by atoms with Gasteiger partial charge in [0.1, 0.15) is 0 Å². The molecule has 0 atom stereocenters. The minimum Gasteiger partial charge on any atom is -0.311 e. The van der Waals surface area contributed by atoms with Crippen molar-refractivity contribution < 1.29 is 4.79 Å². The van der Waals surface area contributed by atoms with E-state index in [1.807, 2.05) is 47.4 Å². The molecule has 23 heavy (non-hydrogen) atoms. The van der Waals surface area contributed by atoms with Crippen LogP contribution in [-0.2, 0) is 17.8 Å². The first kappa shape index (κ1) is 17.8. The third-order valence-electron chi connectivity index (χ3n) is 3.96. The number of benzene rings is 2. The summed E-state index contributed by atoms with van der Waals surface area (Å²) in [5.41, 5.74) is 3.32. The van der Waals surface area contributed by atoms with E-state index >= 15 is 0 Å². The summed E-state index contributed by atoms with van der Waals surface area (Å²) in [4.78, 5) is 14.4. The molecule has 0 fully saturated rings. The molecule has 0 aliphatic carbocycles. The Morgan fingerprint density at radius 3 is 2.70 bits per heavy atom. The highest BCUT2D eigenvalue weighted by molar-refractivity contribution is 6.31. The van der Waals surface area contributed by atoms with E-state index in [2.05, 4.69) is 11.4 Å². The summed E-state index contributed by atoms with van der Waals surface area (Å²) in [5, 5.41) is 3.92. The monoisotopic (exact) mass is 350 g/mol. The summed E-state index contributed by atoms with van der Waals surface area (Å²) < 4.78 is 0. The molecule has 0 saturated carbocycles. The van der Waals surface area contributed by atoms with Crippen molar-refractivity contribution in [2.24, 2.45) is 0 Å². The second-order valence-corrected chi connectivity index (χ2v) is 5.88. The Hall–Kier alpha value is -1.55. The van der Waals surface area contributed by atoms with E-state index in [9.17, 15) is 4.79 Å². The van der Waals surface area contributed by atoms with Gasteiger partial charge in [-0.05, 0) is 36.1 Å². The molecule has 1 aliphatic heterocycles. The quantitative estimate of drug-likeness (QED) is 0.908. The van der Waals surface area contributed by atoms with Crippen molar-refractivity contribution in [3.8, 4) is 0 Å². The Morgan fingerprint density at radius 2 is 1.87 bits per heavy atom. The molecule has 0 unspecified atom stereocenters. The minimum absolute atomic E-state index is 0. The largest absolute Gasteiger partial charge is 0.311 e. The van der Waals surface area contributed by atoms with Crippen LogP contribution < -0.4 is 10.2 Å². The standard InChI is InChI=1S/C18H19ClN2O.ClH/c19-16-9-3-1-7-15(16)12-20-13-18(22)21-11-5-8-14-6-2-4-10-17(14)21;/h1-4,6-7,9-10,20H,5,8,11-13H2;1H. The maximum absolute atomic E-state index is 12.5. The number of aryl methyl sites for hydroxylation is 1. The highest BCUT2D eigenvalue weighted by Crippen LogP contribution is 2.26. The second kappa shape index (κ2) is 8.34. The molecule has 5 heteroatoms. The van der Waals surface area contributed by atoms with Crippen molar-refractivity contribution >= 4 is 35.6 Å². The van der Waals surface area contributed by atoms with Crippen LogP contribution in [0.15, 0.2) is 48.5 Å². The summed E-state index contributed by atoms with van der Waals surface area (Å²) in [5.74, 6) is 0.110. The molecule has 2 aromatic carbocycles. The molecule has 1 N–H and O–H groups in total. The van der Waals surface area contributed by atoms with Gasteiger partial charge in [0.05, 0.1) is 6.54 Å². The van der Waals surface area contributed by atoms with Gasteiger partial charge in [-0.15, -0.1) is 12.4 Å². The number of para-hydroxylation sites is 1. The topological polar surface area (TPSA) is 32.3 Å². The summed E-state index contributed by atoms with van der Waals surface area (Å²) in [7, 11) is 0. The lowest BCUT2D eigenvalue weighted by Gasteiger charge is -2.29. The molecule has 0 bridgehead atoms. The number of hydrogen-bond donors (Lipinski definition) is 1. The zero-order valence-electron chi connectivity index (χ0n) is 12.8. The lowest BCUT2D eigenvalue weighted by atomic mass is 10.0. The van der Waals surface area contributed by atoms with Crippen LogP contribution >= 0.6 is 24.0 Å². The van der Waals surface area contributed by atoms with Crippen molar-refractivity contribution in [1.29, 1.82) is 0 Å². The third kappa shape index (κ3) is 4.25. The number of anilines is 1. The van der Waals surface area contributed by atoms with Crippen LogP contribution in [0.4, 0.5) is 5.69 Å². The predicted molar refractivity (Wildman–Crippen MR) is 97.5 cm³/mol. The van der Waals surface area contributed by atoms with Crippen molar-refractivity contribution in [2.75, 3.05) is 18.0 Å². The van der Waals surface area contributed by atoms with E-state index in [-0.39, 0.29) is 18.3 Å². The highest BCUT2D eigenvalue weighted by atomic mass is 35.5. The van der Waals surface area contributed by atoms with Crippen molar-refractivity contribution in [3.05, 3.63) is 64.7 Å². The average molecular weight is 351 g/mol. The number of carbonyl (C=O) groups is 1. The van der Waals surface area contributed by atoms with Crippen molar-refractivity contribution in [1.82, 2.24) is 5.32 Å². The Bertz CT molecular complexity index is 676. The molecule has 1 amide bonds. The number of amides is 1. The summed E-state index contributed by atoms with van der Waals surface area (Å²) in [6, 6.07) is 15.8. The smallest absolute Gasteiger partial charge is 0.240 e. The molecule has 0 radical (unpaired) electrons.